The van der Waals surface area contributed by atoms with E-state index in [9.17, 15) is 9.59 Å². The van der Waals surface area contributed by atoms with Crippen LogP contribution in [0.4, 0.5) is 4.79 Å². The van der Waals surface area contributed by atoms with Gasteiger partial charge in [0.2, 0.25) is 0 Å². The highest BCUT2D eigenvalue weighted by Crippen LogP contribution is 2.27. The van der Waals surface area contributed by atoms with Crippen LogP contribution in [-0.2, 0) is 4.79 Å². The minimum atomic E-state index is -0.750. The van der Waals surface area contributed by atoms with E-state index in [-0.39, 0.29) is 12.0 Å². The number of carboxylic acids is 1. The van der Waals surface area contributed by atoms with Crippen molar-refractivity contribution in [2.75, 3.05) is 7.05 Å². The van der Waals surface area contributed by atoms with Crippen LogP contribution >= 0.6 is 11.6 Å². The molecule has 1 saturated carbocycles. The number of hydrogen-bond donors (Lipinski definition) is 1. The van der Waals surface area contributed by atoms with Crippen molar-refractivity contribution in [1.82, 2.24) is 4.90 Å². The summed E-state index contributed by atoms with van der Waals surface area (Å²) in [6.45, 7) is 0. The summed E-state index contributed by atoms with van der Waals surface area (Å²) in [5, 5.41) is 9.55. The minimum Gasteiger partial charge on any atom is -0.481 e. The van der Waals surface area contributed by atoms with Crippen LogP contribution in [0.1, 0.15) is 25.7 Å². The van der Waals surface area contributed by atoms with E-state index in [4.69, 9.17) is 21.4 Å². The summed E-state index contributed by atoms with van der Waals surface area (Å²) in [5.74, 6) is -0.600. The Bertz CT molecular complexity index is 509. The van der Waals surface area contributed by atoms with Crippen molar-refractivity contribution >= 4 is 23.7 Å². The van der Waals surface area contributed by atoms with Crippen molar-refractivity contribution in [3.63, 3.8) is 0 Å². The molecule has 0 aromatic heterocycles. The molecular weight excluding hydrogens is 294 g/mol. The van der Waals surface area contributed by atoms with Crippen LogP contribution in [0.25, 0.3) is 0 Å². The van der Waals surface area contributed by atoms with Crippen molar-refractivity contribution in [1.29, 1.82) is 0 Å². The van der Waals surface area contributed by atoms with Gasteiger partial charge in [-0.15, -0.1) is 0 Å². The van der Waals surface area contributed by atoms with Gasteiger partial charge in [0.25, 0.3) is 0 Å². The lowest BCUT2D eigenvalue weighted by atomic mass is 9.85. The molecule has 1 fully saturated rings. The van der Waals surface area contributed by atoms with Gasteiger partial charge in [0, 0.05) is 18.1 Å². The van der Waals surface area contributed by atoms with Crippen LogP contribution in [0.15, 0.2) is 24.3 Å². The average Bonchev–Trinajstić information content (AvgIpc) is 2.49. The van der Waals surface area contributed by atoms with Gasteiger partial charge in [-0.25, -0.2) is 4.79 Å². The van der Waals surface area contributed by atoms with Crippen molar-refractivity contribution < 1.29 is 19.4 Å². The number of amides is 1. The number of carbonyl (C=O) groups excluding carboxylic acids is 1. The van der Waals surface area contributed by atoms with E-state index < -0.39 is 12.1 Å². The van der Waals surface area contributed by atoms with E-state index in [0.717, 1.165) is 0 Å². The molecule has 1 aliphatic carbocycles. The molecule has 0 unspecified atom stereocenters. The molecule has 1 N–H and O–H groups in total. The van der Waals surface area contributed by atoms with Gasteiger partial charge in [0.05, 0.1) is 5.92 Å². The predicted molar refractivity (Wildman–Crippen MR) is 78.6 cm³/mol. The van der Waals surface area contributed by atoms with Gasteiger partial charge in [0.15, 0.2) is 0 Å². The summed E-state index contributed by atoms with van der Waals surface area (Å²) in [5.41, 5.74) is 0. The van der Waals surface area contributed by atoms with Crippen LogP contribution in [0.3, 0.4) is 0 Å². The second-order valence-corrected chi connectivity index (χ2v) is 5.71. The molecule has 1 amide bonds. The van der Waals surface area contributed by atoms with Crippen molar-refractivity contribution in [3.8, 4) is 5.75 Å². The fraction of sp³-hybridized carbons (Fsp3) is 0.467. The molecule has 21 heavy (non-hydrogen) atoms. The molecule has 114 valence electrons. The van der Waals surface area contributed by atoms with Gasteiger partial charge in [-0.3, -0.25) is 4.79 Å². The summed E-state index contributed by atoms with van der Waals surface area (Å²) in [4.78, 5) is 24.5. The average molecular weight is 312 g/mol. The maximum absolute atomic E-state index is 12.1. The van der Waals surface area contributed by atoms with E-state index in [0.29, 0.717) is 36.5 Å². The van der Waals surface area contributed by atoms with E-state index in [1.165, 1.54) is 0 Å². The first-order valence-electron chi connectivity index (χ1n) is 6.90. The molecule has 6 heteroatoms. The summed E-state index contributed by atoms with van der Waals surface area (Å²) in [7, 11) is 1.68. The topological polar surface area (TPSA) is 66.8 Å². The summed E-state index contributed by atoms with van der Waals surface area (Å²) >= 11 is 5.77. The molecule has 0 saturated heterocycles. The zero-order valence-corrected chi connectivity index (χ0v) is 12.5. The monoisotopic (exact) mass is 311 g/mol. The largest absolute Gasteiger partial charge is 0.481 e. The molecule has 0 heterocycles. The number of rotatable bonds is 3. The SMILES string of the molecule is CN(C(=O)Oc1ccc(Cl)cc1)[C@H]1CC[C@H](C(=O)O)CC1. The number of carbonyl (C=O) groups is 2. The first-order valence-corrected chi connectivity index (χ1v) is 7.28. The Morgan fingerprint density at radius 1 is 1.19 bits per heavy atom. The van der Waals surface area contributed by atoms with Crippen molar-refractivity contribution in [2.45, 2.75) is 31.7 Å². The van der Waals surface area contributed by atoms with E-state index in [1.807, 2.05) is 0 Å². The van der Waals surface area contributed by atoms with Crippen molar-refractivity contribution in [2.24, 2.45) is 5.92 Å². The van der Waals surface area contributed by atoms with Crippen LogP contribution in [0.5, 0.6) is 5.75 Å². The van der Waals surface area contributed by atoms with E-state index in [2.05, 4.69) is 0 Å². The third kappa shape index (κ3) is 4.11. The molecule has 0 atom stereocenters. The van der Waals surface area contributed by atoms with Crippen LogP contribution in [0.2, 0.25) is 5.02 Å². The molecular formula is C15H18ClNO4. The number of aliphatic carboxylic acids is 1. The first kappa shape index (κ1) is 15.6. The molecule has 0 radical (unpaired) electrons. The van der Waals surface area contributed by atoms with Crippen LogP contribution < -0.4 is 4.74 Å². The highest BCUT2D eigenvalue weighted by molar-refractivity contribution is 6.30. The molecule has 0 spiro atoms. The Hall–Kier alpha value is -1.75. The molecule has 0 aliphatic heterocycles. The smallest absolute Gasteiger partial charge is 0.415 e. The molecule has 1 aromatic rings. The van der Waals surface area contributed by atoms with Crippen molar-refractivity contribution in [3.05, 3.63) is 29.3 Å². The zero-order valence-electron chi connectivity index (χ0n) is 11.8. The van der Waals surface area contributed by atoms with Gasteiger partial charge in [0.1, 0.15) is 5.75 Å². The number of ether oxygens (including phenoxy) is 1. The Balaban J connectivity index is 1.88. The second kappa shape index (κ2) is 6.80. The Morgan fingerprint density at radius 3 is 2.29 bits per heavy atom. The third-order valence-electron chi connectivity index (χ3n) is 3.90. The first-order chi connectivity index (χ1) is 9.97. The molecule has 0 bridgehead atoms. The fourth-order valence-electron chi connectivity index (χ4n) is 2.53. The number of halogens is 1. The van der Waals surface area contributed by atoms with E-state index in [1.54, 1.807) is 36.2 Å². The Labute approximate surface area is 128 Å². The number of nitrogens with zero attached hydrogens (tertiary/aromatic N) is 1. The molecule has 2 rings (SSSR count). The summed E-state index contributed by atoms with van der Waals surface area (Å²) in [6.07, 6.45) is 2.12. The minimum absolute atomic E-state index is 0.0281. The second-order valence-electron chi connectivity index (χ2n) is 5.28. The zero-order chi connectivity index (χ0) is 15.4. The van der Waals surface area contributed by atoms with Crippen LogP contribution in [-0.4, -0.2) is 35.2 Å². The lowest BCUT2D eigenvalue weighted by Gasteiger charge is -2.32. The lowest BCUT2D eigenvalue weighted by Crippen LogP contribution is -2.41. The lowest BCUT2D eigenvalue weighted by molar-refractivity contribution is -0.143. The van der Waals surface area contributed by atoms with Gasteiger partial charge >= 0.3 is 12.1 Å². The summed E-state index contributed by atoms with van der Waals surface area (Å²) in [6, 6.07) is 6.61. The fourth-order valence-corrected chi connectivity index (χ4v) is 2.66. The maximum Gasteiger partial charge on any atom is 0.415 e. The van der Waals surface area contributed by atoms with Crippen LogP contribution in [0, 0.1) is 5.92 Å². The normalized spacial score (nSPS) is 21.6. The molecule has 1 aromatic carbocycles. The highest BCUT2D eigenvalue weighted by atomic mass is 35.5. The van der Waals surface area contributed by atoms with E-state index >= 15 is 0 Å². The number of benzene rings is 1. The van der Waals surface area contributed by atoms with Gasteiger partial charge in [-0.2, -0.15) is 0 Å². The van der Waals surface area contributed by atoms with Gasteiger partial charge < -0.3 is 14.7 Å². The Morgan fingerprint density at radius 2 is 1.76 bits per heavy atom. The quantitative estimate of drug-likeness (QED) is 0.929. The maximum atomic E-state index is 12.1. The number of hydrogen-bond acceptors (Lipinski definition) is 3. The van der Waals surface area contributed by atoms with Gasteiger partial charge in [-0.1, -0.05) is 11.6 Å². The Kier molecular flexibility index (Phi) is 5.07. The van der Waals surface area contributed by atoms with Gasteiger partial charge in [-0.05, 0) is 49.9 Å². The number of carboxylic acid groups (broad SMARTS) is 1. The molecule has 1 aliphatic rings. The predicted octanol–water partition coefficient (Wildman–Crippen LogP) is 3.41. The summed E-state index contributed by atoms with van der Waals surface area (Å²) < 4.78 is 5.27. The molecule has 5 nitrogen and oxygen atoms in total. The highest BCUT2D eigenvalue weighted by Gasteiger charge is 2.30. The standard InChI is InChI=1S/C15H18ClNO4/c1-17(12-6-2-10(3-7-12)14(18)19)15(20)21-13-8-4-11(16)5-9-13/h4-5,8-10,12H,2-3,6-7H2,1H3,(H,18,19)/t10-,12-. The third-order valence-corrected chi connectivity index (χ3v) is 4.15.